The maximum absolute atomic E-state index is 11.8. The molecule has 0 unspecified atom stereocenters. The van der Waals surface area contributed by atoms with Crippen LogP contribution in [0.15, 0.2) is 39.4 Å². The molecule has 6 nitrogen and oxygen atoms in total. The second-order valence-corrected chi connectivity index (χ2v) is 6.56. The Morgan fingerprint density at radius 1 is 1.48 bits per heavy atom. The average Bonchev–Trinajstić information content (AvgIpc) is 3.27. The molecule has 0 aliphatic carbocycles. The summed E-state index contributed by atoms with van der Waals surface area (Å²) in [5, 5.41) is 9.78. The molecule has 0 spiro atoms. The van der Waals surface area contributed by atoms with Crippen LogP contribution < -0.4 is 0 Å². The molecule has 0 saturated heterocycles. The van der Waals surface area contributed by atoms with Gasteiger partial charge in [-0.25, -0.2) is 9.78 Å². The Bertz CT molecular complexity index is 765. The molecule has 3 aromatic heterocycles. The van der Waals surface area contributed by atoms with Gasteiger partial charge in [-0.2, -0.15) is 0 Å². The Morgan fingerprint density at radius 2 is 2.39 bits per heavy atom. The first-order valence-corrected chi connectivity index (χ1v) is 8.92. The van der Waals surface area contributed by atoms with Crippen LogP contribution in [-0.4, -0.2) is 27.8 Å². The molecule has 0 aliphatic rings. The number of nitrogens with zero attached hydrogens (tertiary/aromatic N) is 2. The monoisotopic (exact) mass is 349 g/mol. The van der Waals surface area contributed by atoms with Gasteiger partial charge in [0.2, 0.25) is 5.16 Å². The molecule has 0 bridgehead atoms. The molecule has 1 N–H and O–H groups in total. The van der Waals surface area contributed by atoms with Crippen LogP contribution in [0.4, 0.5) is 0 Å². The van der Waals surface area contributed by atoms with Crippen molar-refractivity contribution >= 4 is 29.1 Å². The molecule has 120 valence electrons. The van der Waals surface area contributed by atoms with Crippen LogP contribution >= 0.6 is 23.1 Å². The number of furan rings is 1. The van der Waals surface area contributed by atoms with Crippen molar-refractivity contribution in [3.05, 3.63) is 51.9 Å². The van der Waals surface area contributed by atoms with Crippen LogP contribution in [0.2, 0.25) is 0 Å². The number of carbonyl (C=O) groups is 1. The van der Waals surface area contributed by atoms with E-state index in [2.05, 4.69) is 21.2 Å². The Hall–Kier alpha value is -2.06. The molecule has 3 rings (SSSR count). The first-order valence-electron chi connectivity index (χ1n) is 7.06. The molecule has 8 heteroatoms. The van der Waals surface area contributed by atoms with Gasteiger partial charge in [0, 0.05) is 11.3 Å². The van der Waals surface area contributed by atoms with Gasteiger partial charge in [-0.05, 0) is 24.4 Å². The molecule has 0 fully saturated rings. The van der Waals surface area contributed by atoms with Gasteiger partial charge in [0.25, 0.3) is 0 Å². The number of aromatic amines is 1. The van der Waals surface area contributed by atoms with Gasteiger partial charge in [0.15, 0.2) is 0 Å². The first kappa shape index (κ1) is 15.8. The largest absolute Gasteiger partial charge is 0.468 e. The highest BCUT2D eigenvalue weighted by Crippen LogP contribution is 2.23. The molecular formula is C15H15N3O3S2. The summed E-state index contributed by atoms with van der Waals surface area (Å²) in [6.45, 7) is 2.11. The summed E-state index contributed by atoms with van der Waals surface area (Å²) in [5.74, 6) is 1.49. The van der Waals surface area contributed by atoms with E-state index in [0.29, 0.717) is 28.8 Å². The number of carbonyl (C=O) groups excluding carboxylic acids is 1. The van der Waals surface area contributed by atoms with Crippen molar-refractivity contribution in [2.24, 2.45) is 0 Å². The summed E-state index contributed by atoms with van der Waals surface area (Å²) >= 11 is 3.10. The number of esters is 1. The highest BCUT2D eigenvalue weighted by Gasteiger charge is 2.16. The quantitative estimate of drug-likeness (QED) is 0.519. The van der Waals surface area contributed by atoms with Crippen LogP contribution in [0, 0.1) is 0 Å². The van der Waals surface area contributed by atoms with Crippen LogP contribution in [0.25, 0.3) is 0 Å². The van der Waals surface area contributed by atoms with E-state index in [4.69, 9.17) is 9.15 Å². The van der Waals surface area contributed by atoms with Crippen molar-refractivity contribution < 1.29 is 13.9 Å². The van der Waals surface area contributed by atoms with E-state index in [9.17, 15) is 4.79 Å². The third-order valence-corrected chi connectivity index (χ3v) is 4.73. The van der Waals surface area contributed by atoms with Gasteiger partial charge in [0.1, 0.15) is 17.1 Å². The van der Waals surface area contributed by atoms with Gasteiger partial charge < -0.3 is 9.15 Å². The zero-order valence-corrected chi connectivity index (χ0v) is 14.1. The van der Waals surface area contributed by atoms with Crippen molar-refractivity contribution in [2.75, 3.05) is 6.61 Å². The maximum Gasteiger partial charge on any atom is 0.341 e. The summed E-state index contributed by atoms with van der Waals surface area (Å²) in [6.07, 6.45) is 2.22. The van der Waals surface area contributed by atoms with E-state index in [1.165, 1.54) is 22.9 Å². The molecule has 0 amide bonds. The molecule has 0 aromatic carbocycles. The smallest absolute Gasteiger partial charge is 0.341 e. The van der Waals surface area contributed by atoms with Crippen molar-refractivity contribution in [1.29, 1.82) is 0 Å². The average molecular weight is 349 g/mol. The summed E-state index contributed by atoms with van der Waals surface area (Å²) in [5.41, 5.74) is 0.452. The number of rotatable bonds is 7. The van der Waals surface area contributed by atoms with Gasteiger partial charge in [-0.1, -0.05) is 17.8 Å². The van der Waals surface area contributed by atoms with Gasteiger partial charge >= 0.3 is 5.97 Å². The van der Waals surface area contributed by atoms with E-state index in [1.807, 2.05) is 11.4 Å². The van der Waals surface area contributed by atoms with Crippen molar-refractivity contribution in [1.82, 2.24) is 15.2 Å². The fraction of sp³-hybridized carbons (Fsp3) is 0.267. The minimum absolute atomic E-state index is 0.337. The molecule has 0 atom stereocenters. The number of aromatic nitrogens is 3. The van der Waals surface area contributed by atoms with Gasteiger partial charge in [-0.3, -0.25) is 5.10 Å². The minimum Gasteiger partial charge on any atom is -0.468 e. The summed E-state index contributed by atoms with van der Waals surface area (Å²) in [4.78, 5) is 17.5. The maximum atomic E-state index is 11.8. The molecule has 3 aromatic rings. The summed E-state index contributed by atoms with van der Waals surface area (Å²) < 4.78 is 10.4. The zero-order valence-electron chi connectivity index (χ0n) is 12.4. The lowest BCUT2D eigenvalue weighted by molar-refractivity contribution is 0.0524. The van der Waals surface area contributed by atoms with Crippen molar-refractivity contribution in [3.63, 3.8) is 0 Å². The Balaban J connectivity index is 1.60. The van der Waals surface area contributed by atoms with Crippen LogP contribution in [0.1, 0.15) is 33.7 Å². The van der Waals surface area contributed by atoms with Gasteiger partial charge in [-0.15, -0.1) is 16.4 Å². The van der Waals surface area contributed by atoms with E-state index in [1.54, 1.807) is 24.3 Å². The lowest BCUT2D eigenvalue weighted by atomic mass is 10.3. The van der Waals surface area contributed by atoms with Crippen LogP contribution in [0.3, 0.4) is 0 Å². The van der Waals surface area contributed by atoms with E-state index < -0.39 is 0 Å². The number of nitrogens with one attached hydrogen (secondary N) is 1. The predicted molar refractivity (Wildman–Crippen MR) is 87.7 cm³/mol. The number of thioether (sulfide) groups is 1. The Kier molecular flexibility index (Phi) is 5.14. The predicted octanol–water partition coefficient (Wildman–Crippen LogP) is 3.52. The standard InChI is InChI=1S/C15H15N3O3S2/c1-2-20-14(19)11-5-6-21-12(11)9-23-15-16-13(17-18-15)8-10-4-3-7-22-10/h3-7H,2,8-9H2,1H3,(H,16,17,18). The fourth-order valence-corrected chi connectivity index (χ4v) is 3.45. The van der Waals surface area contributed by atoms with Crippen molar-refractivity contribution in [2.45, 2.75) is 24.3 Å². The Labute approximate surface area is 141 Å². The SMILES string of the molecule is CCOC(=O)c1ccoc1CSc1n[nH]c(Cc2cccs2)n1. The van der Waals surface area contributed by atoms with Crippen molar-refractivity contribution in [3.8, 4) is 0 Å². The van der Waals surface area contributed by atoms with Crippen LogP contribution in [-0.2, 0) is 16.9 Å². The number of ether oxygens (including phenoxy) is 1. The topological polar surface area (TPSA) is 81.0 Å². The lowest BCUT2D eigenvalue weighted by Gasteiger charge is -2.01. The zero-order chi connectivity index (χ0) is 16.1. The molecule has 0 aliphatic heterocycles. The first-order chi connectivity index (χ1) is 11.3. The minimum atomic E-state index is -0.370. The highest BCUT2D eigenvalue weighted by atomic mass is 32.2. The molecule has 23 heavy (non-hydrogen) atoms. The molecule has 3 heterocycles. The second kappa shape index (κ2) is 7.47. The number of hydrogen-bond donors (Lipinski definition) is 1. The molecule has 0 radical (unpaired) electrons. The van der Waals surface area contributed by atoms with E-state index in [0.717, 1.165) is 12.2 Å². The third-order valence-electron chi connectivity index (χ3n) is 3.01. The van der Waals surface area contributed by atoms with Crippen LogP contribution in [0.5, 0.6) is 0 Å². The second-order valence-electron chi connectivity index (χ2n) is 4.59. The molecular weight excluding hydrogens is 334 g/mol. The van der Waals surface area contributed by atoms with E-state index in [-0.39, 0.29) is 5.97 Å². The normalized spacial score (nSPS) is 10.8. The Morgan fingerprint density at radius 3 is 3.17 bits per heavy atom. The number of hydrogen-bond acceptors (Lipinski definition) is 7. The summed E-state index contributed by atoms with van der Waals surface area (Å²) in [7, 11) is 0. The number of thiophene rings is 1. The lowest BCUT2D eigenvalue weighted by Crippen LogP contribution is -2.05. The third kappa shape index (κ3) is 4.02. The fourth-order valence-electron chi connectivity index (χ4n) is 1.97. The highest BCUT2D eigenvalue weighted by molar-refractivity contribution is 7.98. The number of H-pyrrole nitrogens is 1. The molecule has 0 saturated carbocycles. The summed E-state index contributed by atoms with van der Waals surface area (Å²) in [6, 6.07) is 5.70. The van der Waals surface area contributed by atoms with Gasteiger partial charge in [0.05, 0.1) is 18.6 Å². The van der Waals surface area contributed by atoms with E-state index >= 15 is 0 Å².